The normalized spacial score (nSPS) is 35.3. The Bertz CT molecular complexity index is 934. The fourth-order valence-corrected chi connectivity index (χ4v) is 6.53. The van der Waals surface area contributed by atoms with Gasteiger partial charge in [-0.1, -0.05) is 39.3 Å². The van der Waals surface area contributed by atoms with Crippen LogP contribution < -0.4 is 9.96 Å². The van der Waals surface area contributed by atoms with E-state index in [9.17, 15) is 15.1 Å². The van der Waals surface area contributed by atoms with Crippen LogP contribution in [0.15, 0.2) is 47.6 Å². The molecule has 0 bridgehead atoms. The Balaban J connectivity index is 1.61. The minimum absolute atomic E-state index is 0.0801. The van der Waals surface area contributed by atoms with Crippen molar-refractivity contribution in [1.82, 2.24) is 0 Å². The lowest BCUT2D eigenvalue weighted by molar-refractivity contribution is -0.991. The van der Waals surface area contributed by atoms with E-state index >= 15 is 0 Å². The molecule has 6 unspecified atom stereocenters. The monoisotopic (exact) mass is 441 g/mol. The van der Waals surface area contributed by atoms with Crippen LogP contribution >= 0.6 is 0 Å². The second kappa shape index (κ2) is 8.41. The van der Waals surface area contributed by atoms with Crippen molar-refractivity contribution in [3.8, 4) is 5.75 Å². The third kappa shape index (κ3) is 3.83. The quantitative estimate of drug-likeness (QED) is 0.372. The summed E-state index contributed by atoms with van der Waals surface area (Å²) in [5.74, 6) is 0.809. The Labute approximate surface area is 190 Å². The number of carbonyl (C=O) groups excluding carboxylic acids is 1. The number of esters is 1. The number of hydrogen-bond acceptors (Lipinski definition) is 5. The van der Waals surface area contributed by atoms with Crippen LogP contribution in [0.1, 0.15) is 59.8 Å². The molecule has 0 saturated heterocycles. The Morgan fingerprint density at radius 1 is 1.22 bits per heavy atom. The number of hydrogen-bond donors (Lipinski definition) is 3. The number of nitrogens with one attached hydrogen (secondary N) is 1. The lowest BCUT2D eigenvalue weighted by atomic mass is 9.46. The minimum Gasteiger partial charge on any atom is -0.595 e. The molecule has 0 spiro atoms. The molecule has 1 fully saturated rings. The van der Waals surface area contributed by atoms with Gasteiger partial charge in [0.25, 0.3) is 0 Å². The first-order chi connectivity index (χ1) is 15.1. The van der Waals surface area contributed by atoms with Gasteiger partial charge in [0.05, 0.1) is 11.5 Å². The Morgan fingerprint density at radius 2 is 1.91 bits per heavy atom. The van der Waals surface area contributed by atoms with Gasteiger partial charge in [-0.3, -0.25) is 4.79 Å². The summed E-state index contributed by atoms with van der Waals surface area (Å²) in [6, 6.07) is 5.99. The van der Waals surface area contributed by atoms with Gasteiger partial charge in [-0.2, -0.15) is 5.23 Å². The van der Waals surface area contributed by atoms with Crippen molar-refractivity contribution in [2.24, 2.45) is 28.6 Å². The van der Waals surface area contributed by atoms with Gasteiger partial charge in [-0.25, -0.2) is 5.21 Å². The van der Waals surface area contributed by atoms with Crippen molar-refractivity contribution in [3.63, 3.8) is 0 Å². The zero-order chi connectivity index (χ0) is 23.3. The van der Waals surface area contributed by atoms with Crippen LogP contribution in [0.25, 0.3) is 0 Å². The van der Waals surface area contributed by atoms with E-state index in [1.807, 2.05) is 6.92 Å². The molecule has 0 heterocycles. The van der Waals surface area contributed by atoms with E-state index in [2.05, 4.69) is 32.9 Å². The van der Waals surface area contributed by atoms with Gasteiger partial charge in [0.2, 0.25) is 0 Å². The SMILES string of the molecule is CC(C)C1=CC2=CCC3C(C)(C(=O)Oc4ccc([NH+]([O-])O)cc4)CCCC3(C)C2CC1O. The summed E-state index contributed by atoms with van der Waals surface area (Å²) in [6.45, 7) is 8.57. The van der Waals surface area contributed by atoms with Gasteiger partial charge in [-0.05, 0) is 79.1 Å². The van der Waals surface area contributed by atoms with Crippen LogP contribution in [0.3, 0.4) is 0 Å². The molecule has 6 atom stereocenters. The summed E-state index contributed by atoms with van der Waals surface area (Å²) < 4.78 is 5.78. The molecular formula is C26H35NO5. The van der Waals surface area contributed by atoms with E-state index in [0.717, 1.165) is 31.3 Å². The molecule has 6 heteroatoms. The van der Waals surface area contributed by atoms with E-state index < -0.39 is 16.7 Å². The maximum Gasteiger partial charge on any atom is 0.317 e. The Kier molecular flexibility index (Phi) is 6.09. The molecule has 4 rings (SSSR count). The van der Waals surface area contributed by atoms with Crippen molar-refractivity contribution < 1.29 is 25.1 Å². The maximum atomic E-state index is 13.5. The molecule has 1 saturated carbocycles. The van der Waals surface area contributed by atoms with Gasteiger partial charge in [0.1, 0.15) is 5.75 Å². The first-order valence-electron chi connectivity index (χ1n) is 11.7. The molecule has 0 amide bonds. The highest BCUT2D eigenvalue weighted by atomic mass is 16.8. The van der Waals surface area contributed by atoms with Crippen LogP contribution in [0, 0.1) is 33.8 Å². The number of quaternary nitrogens is 1. The Hall–Kier alpha value is -1.99. The van der Waals surface area contributed by atoms with Crippen molar-refractivity contribution in [1.29, 1.82) is 0 Å². The number of aliphatic hydroxyl groups is 1. The number of benzene rings is 1. The number of ether oxygens (including phenoxy) is 1. The number of rotatable bonds is 4. The molecule has 3 N–H and O–H groups in total. The zero-order valence-corrected chi connectivity index (χ0v) is 19.4. The van der Waals surface area contributed by atoms with Crippen LogP contribution in [0.2, 0.25) is 0 Å². The highest BCUT2D eigenvalue weighted by molar-refractivity contribution is 5.79. The summed E-state index contributed by atoms with van der Waals surface area (Å²) in [5.41, 5.74) is 1.88. The largest absolute Gasteiger partial charge is 0.595 e. The summed E-state index contributed by atoms with van der Waals surface area (Å²) in [7, 11) is 0. The molecule has 6 nitrogen and oxygen atoms in total. The van der Waals surface area contributed by atoms with E-state index in [0.29, 0.717) is 18.1 Å². The average Bonchev–Trinajstić information content (AvgIpc) is 2.73. The minimum atomic E-state index is -1.01. The van der Waals surface area contributed by atoms with Crippen molar-refractivity contribution in [3.05, 3.63) is 52.8 Å². The van der Waals surface area contributed by atoms with E-state index in [4.69, 9.17) is 9.94 Å². The maximum absolute atomic E-state index is 13.5. The second-order valence-corrected chi connectivity index (χ2v) is 10.6. The van der Waals surface area contributed by atoms with Crippen molar-refractivity contribution in [2.45, 2.75) is 65.9 Å². The number of carbonyl (C=O) groups is 1. The van der Waals surface area contributed by atoms with E-state index in [1.54, 1.807) is 12.1 Å². The van der Waals surface area contributed by atoms with Gasteiger partial charge in [0.15, 0.2) is 5.69 Å². The van der Waals surface area contributed by atoms with Gasteiger partial charge >= 0.3 is 5.97 Å². The van der Waals surface area contributed by atoms with Crippen molar-refractivity contribution in [2.75, 3.05) is 0 Å². The number of allylic oxidation sites excluding steroid dienone is 3. The Morgan fingerprint density at radius 3 is 2.53 bits per heavy atom. The highest BCUT2D eigenvalue weighted by Gasteiger charge is 2.58. The average molecular weight is 442 g/mol. The zero-order valence-electron chi connectivity index (χ0n) is 19.4. The third-order valence-electron chi connectivity index (χ3n) is 8.39. The van der Waals surface area contributed by atoms with Gasteiger partial charge in [0, 0.05) is 12.1 Å². The smallest absolute Gasteiger partial charge is 0.317 e. The van der Waals surface area contributed by atoms with Crippen LogP contribution in [0.5, 0.6) is 5.75 Å². The molecular weight excluding hydrogens is 406 g/mol. The molecule has 0 aliphatic heterocycles. The summed E-state index contributed by atoms with van der Waals surface area (Å²) >= 11 is 0. The van der Waals surface area contributed by atoms with Crippen LogP contribution in [0.4, 0.5) is 5.69 Å². The molecule has 0 aromatic heterocycles. The highest BCUT2D eigenvalue weighted by Crippen LogP contribution is 2.62. The lowest BCUT2D eigenvalue weighted by Gasteiger charge is -2.57. The summed E-state index contributed by atoms with van der Waals surface area (Å²) in [5, 5.41) is 30.0. The molecule has 32 heavy (non-hydrogen) atoms. The van der Waals surface area contributed by atoms with Gasteiger partial charge in [-0.15, -0.1) is 0 Å². The fourth-order valence-electron chi connectivity index (χ4n) is 6.53. The molecule has 3 aliphatic carbocycles. The van der Waals surface area contributed by atoms with Crippen LogP contribution in [-0.4, -0.2) is 22.4 Å². The predicted octanol–water partition coefficient (Wildman–Crippen LogP) is 4.10. The lowest BCUT2D eigenvalue weighted by Crippen LogP contribution is -2.99. The topological polar surface area (TPSA) is 94.3 Å². The molecule has 174 valence electrons. The second-order valence-electron chi connectivity index (χ2n) is 10.6. The van der Waals surface area contributed by atoms with Crippen LogP contribution in [-0.2, 0) is 4.79 Å². The first kappa shape index (κ1) is 23.2. The summed E-state index contributed by atoms with van der Waals surface area (Å²) in [6.07, 6.45) is 8.34. The van der Waals surface area contributed by atoms with Gasteiger partial charge < -0.3 is 15.1 Å². The molecule has 0 radical (unpaired) electrons. The first-order valence-corrected chi connectivity index (χ1v) is 11.7. The predicted molar refractivity (Wildman–Crippen MR) is 121 cm³/mol. The fraction of sp³-hybridized carbons (Fsp3) is 0.577. The van der Waals surface area contributed by atoms with E-state index in [1.165, 1.54) is 17.7 Å². The standard InChI is InChI=1S/C26H35NO5/c1-16(2)20-14-17-6-11-23-25(3,21(17)15-22(20)28)12-5-13-26(23,4)24(29)32-19-9-7-18(8-10-19)27(30)31/h6-10,14,16,21-23,27-28,30H,5,11-13,15H2,1-4H3. The third-order valence-corrected chi connectivity index (χ3v) is 8.39. The number of fused-ring (bicyclic) bond motifs is 3. The number of aliphatic hydroxyl groups excluding tert-OH is 1. The molecule has 3 aliphatic rings. The summed E-state index contributed by atoms with van der Waals surface area (Å²) in [4.78, 5) is 13.5. The molecule has 1 aromatic carbocycles. The van der Waals surface area contributed by atoms with Crippen molar-refractivity contribution >= 4 is 11.7 Å². The molecule has 1 aromatic rings. The van der Waals surface area contributed by atoms with E-state index in [-0.39, 0.29) is 28.9 Å².